The van der Waals surface area contributed by atoms with Crippen LogP contribution in [-0.4, -0.2) is 34.5 Å². The van der Waals surface area contributed by atoms with Crippen LogP contribution in [0.15, 0.2) is 63.2 Å². The van der Waals surface area contributed by atoms with E-state index in [1.54, 1.807) is 18.2 Å². The minimum Gasteiger partial charge on any atom is -0.496 e. The van der Waals surface area contributed by atoms with Crippen LogP contribution in [0.3, 0.4) is 0 Å². The minimum atomic E-state index is -0.108. The Hall–Kier alpha value is -2.12. The molecule has 2 aromatic carbocycles. The Morgan fingerprint density at radius 3 is 2.74 bits per heavy atom. The van der Waals surface area contributed by atoms with Gasteiger partial charge in [-0.1, -0.05) is 64.9 Å². The van der Waals surface area contributed by atoms with Gasteiger partial charge in [0.05, 0.1) is 25.1 Å². The van der Waals surface area contributed by atoms with Crippen LogP contribution in [-0.2, 0) is 11.3 Å². The Morgan fingerprint density at radius 1 is 1.26 bits per heavy atom. The zero-order chi connectivity index (χ0) is 19.2. The highest BCUT2D eigenvalue weighted by molar-refractivity contribution is 9.10. The van der Waals surface area contributed by atoms with Gasteiger partial charge >= 0.3 is 0 Å². The summed E-state index contributed by atoms with van der Waals surface area (Å²) >= 11 is 4.91. The summed E-state index contributed by atoms with van der Waals surface area (Å²) in [5.41, 5.74) is 1.88. The van der Waals surface area contributed by atoms with E-state index in [0.717, 1.165) is 22.0 Å². The third kappa shape index (κ3) is 4.78. The molecule has 0 radical (unpaired) electrons. The van der Waals surface area contributed by atoms with Gasteiger partial charge in [0.1, 0.15) is 5.75 Å². The summed E-state index contributed by atoms with van der Waals surface area (Å²) in [6.45, 7) is 2.51. The molecule has 3 rings (SSSR count). The summed E-state index contributed by atoms with van der Waals surface area (Å²) in [4.78, 5) is 14.4. The molecule has 1 heterocycles. The maximum absolute atomic E-state index is 12.7. The molecule has 27 heavy (non-hydrogen) atoms. The van der Waals surface area contributed by atoms with E-state index in [4.69, 9.17) is 4.74 Å². The number of carbonyl (C=O) groups excluding carboxylic acids is 1. The lowest BCUT2D eigenvalue weighted by Gasteiger charge is -2.15. The molecule has 1 amide bonds. The van der Waals surface area contributed by atoms with Crippen molar-refractivity contribution >= 4 is 45.0 Å². The number of amides is 1. The Kier molecular flexibility index (Phi) is 6.68. The van der Waals surface area contributed by atoms with E-state index >= 15 is 0 Å². The van der Waals surface area contributed by atoms with Crippen molar-refractivity contribution in [2.75, 3.05) is 7.11 Å². The van der Waals surface area contributed by atoms with Crippen LogP contribution >= 0.6 is 27.7 Å². The fraction of sp³-hybridized carbons (Fsp3) is 0.250. The molecule has 5 nitrogen and oxygen atoms in total. The summed E-state index contributed by atoms with van der Waals surface area (Å²) < 4.78 is 6.27. The van der Waals surface area contributed by atoms with Gasteiger partial charge in [-0.25, -0.2) is 0 Å². The first-order chi connectivity index (χ1) is 13.1. The van der Waals surface area contributed by atoms with E-state index in [-0.39, 0.29) is 11.2 Å². The Bertz CT molecular complexity index is 871. The third-order valence-corrected chi connectivity index (χ3v) is 5.93. The number of ether oxygens (including phenoxy) is 1. The topological polar surface area (TPSA) is 54.3 Å². The van der Waals surface area contributed by atoms with Crippen molar-refractivity contribution in [2.45, 2.75) is 25.1 Å². The third-order valence-electron chi connectivity index (χ3n) is 4.11. The van der Waals surface area contributed by atoms with Gasteiger partial charge in [-0.2, -0.15) is 5.10 Å². The van der Waals surface area contributed by atoms with E-state index in [0.29, 0.717) is 17.5 Å². The molecule has 0 aliphatic carbocycles. The van der Waals surface area contributed by atoms with E-state index in [1.165, 1.54) is 11.8 Å². The predicted molar refractivity (Wildman–Crippen MR) is 114 cm³/mol. The van der Waals surface area contributed by atoms with Gasteiger partial charge in [-0.3, -0.25) is 9.69 Å². The maximum Gasteiger partial charge on any atom is 0.242 e. The molecular weight excluding hydrogens is 426 g/mol. The molecule has 0 aromatic heterocycles. The van der Waals surface area contributed by atoms with Gasteiger partial charge in [0.15, 0.2) is 5.17 Å². The average Bonchev–Trinajstić information content (AvgIpc) is 2.98. The second-order valence-electron chi connectivity index (χ2n) is 5.94. The van der Waals surface area contributed by atoms with Gasteiger partial charge < -0.3 is 4.74 Å². The second-order valence-corrected chi connectivity index (χ2v) is 8.02. The van der Waals surface area contributed by atoms with Gasteiger partial charge in [0, 0.05) is 10.0 Å². The van der Waals surface area contributed by atoms with Crippen molar-refractivity contribution in [3.8, 4) is 5.75 Å². The first-order valence-corrected chi connectivity index (χ1v) is 10.3. The molecule has 0 N–H and O–H groups in total. The standard InChI is InChI=1S/C20H20BrN3O2S/c1-3-18-19(25)24(13-14-7-5-4-6-8-14)20(27-18)23-22-12-15-11-16(21)9-10-17(15)26-2/h4-12,18H,3,13H2,1-2H3/b22-12+,23-20+. The number of amidine groups is 1. The lowest BCUT2D eigenvalue weighted by molar-refractivity contribution is -0.126. The van der Waals surface area contributed by atoms with Crippen molar-refractivity contribution in [2.24, 2.45) is 10.2 Å². The molecule has 1 fully saturated rings. The summed E-state index contributed by atoms with van der Waals surface area (Å²) in [6, 6.07) is 15.6. The van der Waals surface area contributed by atoms with Crippen molar-refractivity contribution in [1.29, 1.82) is 0 Å². The minimum absolute atomic E-state index is 0.0836. The Balaban J connectivity index is 1.84. The first-order valence-electron chi connectivity index (χ1n) is 8.59. The normalized spacial score (nSPS) is 18.6. The van der Waals surface area contributed by atoms with E-state index < -0.39 is 0 Å². The highest BCUT2D eigenvalue weighted by Crippen LogP contribution is 2.31. The van der Waals surface area contributed by atoms with E-state index in [1.807, 2.05) is 55.5 Å². The average molecular weight is 446 g/mol. The molecular formula is C20H20BrN3O2S. The number of benzene rings is 2. The number of methoxy groups -OCH3 is 1. The van der Waals surface area contributed by atoms with Crippen LogP contribution in [0.2, 0.25) is 0 Å². The van der Waals surface area contributed by atoms with Crippen LogP contribution in [0.1, 0.15) is 24.5 Å². The Labute approximate surface area is 171 Å². The Morgan fingerprint density at radius 2 is 2.04 bits per heavy atom. The molecule has 140 valence electrons. The predicted octanol–water partition coefficient (Wildman–Crippen LogP) is 4.70. The molecule has 1 aliphatic rings. The molecule has 1 saturated heterocycles. The summed E-state index contributed by atoms with van der Waals surface area (Å²) in [6.07, 6.45) is 2.40. The van der Waals surface area contributed by atoms with Crippen LogP contribution in [0.5, 0.6) is 5.75 Å². The SMILES string of the molecule is CCC1S/C(=N/N=C/c2cc(Br)ccc2OC)N(Cc2ccccc2)C1=O. The monoisotopic (exact) mass is 445 g/mol. The quantitative estimate of drug-likeness (QED) is 0.478. The summed E-state index contributed by atoms with van der Waals surface area (Å²) in [7, 11) is 1.62. The largest absolute Gasteiger partial charge is 0.496 e. The first kappa shape index (κ1) is 19.6. The van der Waals surface area contributed by atoms with Gasteiger partial charge in [-0.05, 0) is 30.2 Å². The fourth-order valence-corrected chi connectivity index (χ4v) is 4.11. The molecule has 2 aromatic rings. The van der Waals surface area contributed by atoms with Crippen LogP contribution in [0.4, 0.5) is 0 Å². The lowest BCUT2D eigenvalue weighted by Crippen LogP contribution is -2.31. The van der Waals surface area contributed by atoms with E-state index in [9.17, 15) is 4.79 Å². The number of thioether (sulfide) groups is 1. The molecule has 0 saturated carbocycles. The molecule has 7 heteroatoms. The number of hydrogen-bond donors (Lipinski definition) is 0. The zero-order valence-corrected chi connectivity index (χ0v) is 17.5. The molecule has 1 aliphatic heterocycles. The summed E-state index contributed by atoms with van der Waals surface area (Å²) in [5.74, 6) is 0.796. The lowest BCUT2D eigenvalue weighted by atomic mass is 10.2. The van der Waals surface area contributed by atoms with Crippen LogP contribution < -0.4 is 4.74 Å². The van der Waals surface area contributed by atoms with Crippen LogP contribution in [0.25, 0.3) is 0 Å². The highest BCUT2D eigenvalue weighted by Gasteiger charge is 2.36. The van der Waals surface area contributed by atoms with Crippen LogP contribution in [0, 0.1) is 0 Å². The number of hydrogen-bond acceptors (Lipinski definition) is 5. The zero-order valence-electron chi connectivity index (χ0n) is 15.1. The number of halogens is 1. The molecule has 0 spiro atoms. The van der Waals surface area contributed by atoms with Crippen molar-refractivity contribution < 1.29 is 9.53 Å². The summed E-state index contributed by atoms with van der Waals surface area (Å²) in [5, 5.41) is 9.07. The van der Waals surface area contributed by atoms with Gasteiger partial charge in [0.2, 0.25) is 5.91 Å². The highest BCUT2D eigenvalue weighted by atomic mass is 79.9. The van der Waals surface area contributed by atoms with Crippen molar-refractivity contribution in [1.82, 2.24) is 4.90 Å². The van der Waals surface area contributed by atoms with Gasteiger partial charge in [-0.15, -0.1) is 5.10 Å². The molecule has 1 atom stereocenters. The molecule has 0 bridgehead atoms. The number of rotatable bonds is 6. The smallest absolute Gasteiger partial charge is 0.242 e. The van der Waals surface area contributed by atoms with Crippen molar-refractivity contribution in [3.63, 3.8) is 0 Å². The molecule has 1 unspecified atom stereocenters. The van der Waals surface area contributed by atoms with Crippen molar-refractivity contribution in [3.05, 3.63) is 64.1 Å². The maximum atomic E-state index is 12.7. The second kappa shape index (κ2) is 9.19. The number of carbonyl (C=O) groups is 1. The van der Waals surface area contributed by atoms with Gasteiger partial charge in [0.25, 0.3) is 0 Å². The fourth-order valence-electron chi connectivity index (χ4n) is 2.70. The number of nitrogens with zero attached hydrogens (tertiary/aromatic N) is 3. The van der Waals surface area contributed by atoms with E-state index in [2.05, 4.69) is 26.1 Å².